The second-order valence-corrected chi connectivity index (χ2v) is 5.32. The summed E-state index contributed by atoms with van der Waals surface area (Å²) in [6.45, 7) is 1.07. The van der Waals surface area contributed by atoms with E-state index in [9.17, 15) is 9.59 Å². The van der Waals surface area contributed by atoms with Crippen LogP contribution in [0.1, 0.15) is 31.2 Å². The van der Waals surface area contributed by atoms with Crippen LogP contribution in [-0.4, -0.2) is 30.1 Å². The van der Waals surface area contributed by atoms with Gasteiger partial charge in [0.15, 0.2) is 0 Å². The lowest BCUT2D eigenvalue weighted by atomic mass is 10.1. The summed E-state index contributed by atoms with van der Waals surface area (Å²) in [7, 11) is 0. The first-order valence-electron chi connectivity index (χ1n) is 8.01. The molecule has 0 heterocycles. The number of nitriles is 1. The highest BCUT2D eigenvalue weighted by atomic mass is 16.4. The van der Waals surface area contributed by atoms with E-state index < -0.39 is 11.9 Å². The van der Waals surface area contributed by atoms with Crippen LogP contribution in [0.2, 0.25) is 0 Å². The first kappa shape index (κ1) is 19.2. The highest BCUT2D eigenvalue weighted by Crippen LogP contribution is 2.00. The normalized spacial score (nSPS) is 10.7. The molecule has 1 aromatic carbocycles. The maximum Gasteiger partial charge on any atom is 0.303 e. The van der Waals surface area contributed by atoms with Gasteiger partial charge in [-0.2, -0.15) is 5.26 Å². The number of rotatable bonds is 11. The Bertz CT molecular complexity index is 591. The minimum Gasteiger partial charge on any atom is -0.481 e. The van der Waals surface area contributed by atoms with Gasteiger partial charge in [0.2, 0.25) is 0 Å². The number of aliphatic carboxylic acids is 1. The van der Waals surface area contributed by atoms with Crippen LogP contribution in [0.4, 0.5) is 0 Å². The SMILES string of the molecule is N#C/C(=C/NCCCCCC(=O)O)C(=O)NCCc1ccccc1. The fourth-order valence-corrected chi connectivity index (χ4v) is 2.06. The van der Waals surface area contributed by atoms with E-state index in [-0.39, 0.29) is 12.0 Å². The molecule has 0 aliphatic carbocycles. The summed E-state index contributed by atoms with van der Waals surface area (Å²) in [5.74, 6) is -1.19. The number of hydrogen-bond donors (Lipinski definition) is 3. The summed E-state index contributed by atoms with van der Waals surface area (Å²) in [6.07, 6.45) is 4.50. The molecule has 3 N–H and O–H groups in total. The number of amides is 1. The molecule has 0 saturated carbocycles. The van der Waals surface area contributed by atoms with Crippen LogP contribution in [0, 0.1) is 11.3 Å². The molecule has 24 heavy (non-hydrogen) atoms. The highest BCUT2D eigenvalue weighted by molar-refractivity contribution is 5.97. The maximum absolute atomic E-state index is 11.9. The van der Waals surface area contributed by atoms with Gasteiger partial charge in [-0.1, -0.05) is 36.8 Å². The van der Waals surface area contributed by atoms with Crippen LogP contribution in [0.25, 0.3) is 0 Å². The predicted octanol–water partition coefficient (Wildman–Crippen LogP) is 1.99. The van der Waals surface area contributed by atoms with Crippen molar-refractivity contribution in [1.82, 2.24) is 10.6 Å². The lowest BCUT2D eigenvalue weighted by Gasteiger charge is -2.05. The number of carbonyl (C=O) groups is 2. The van der Waals surface area contributed by atoms with E-state index in [0.29, 0.717) is 25.9 Å². The van der Waals surface area contributed by atoms with Crippen molar-refractivity contribution in [3.8, 4) is 6.07 Å². The zero-order valence-electron chi connectivity index (χ0n) is 13.6. The van der Waals surface area contributed by atoms with Gasteiger partial charge >= 0.3 is 5.97 Å². The van der Waals surface area contributed by atoms with Gasteiger partial charge in [0.25, 0.3) is 5.91 Å². The van der Waals surface area contributed by atoms with Gasteiger partial charge in [-0.05, 0) is 24.8 Å². The van der Waals surface area contributed by atoms with Crippen molar-refractivity contribution in [2.45, 2.75) is 32.1 Å². The van der Waals surface area contributed by atoms with Gasteiger partial charge in [0, 0.05) is 25.7 Å². The van der Waals surface area contributed by atoms with Crippen LogP contribution in [0.3, 0.4) is 0 Å². The fourth-order valence-electron chi connectivity index (χ4n) is 2.06. The Morgan fingerprint density at radius 2 is 1.88 bits per heavy atom. The second-order valence-electron chi connectivity index (χ2n) is 5.32. The summed E-state index contributed by atoms with van der Waals surface area (Å²) < 4.78 is 0. The zero-order chi connectivity index (χ0) is 17.6. The maximum atomic E-state index is 11.9. The topological polar surface area (TPSA) is 102 Å². The number of carboxylic acids is 1. The van der Waals surface area contributed by atoms with Gasteiger partial charge in [-0.3, -0.25) is 9.59 Å². The second kappa shape index (κ2) is 11.7. The van der Waals surface area contributed by atoms with Crippen molar-refractivity contribution in [2.75, 3.05) is 13.1 Å². The third-order valence-electron chi connectivity index (χ3n) is 3.37. The molecule has 0 unspecified atom stereocenters. The summed E-state index contributed by atoms with van der Waals surface area (Å²) in [5, 5.41) is 23.2. The molecule has 1 amide bonds. The molecule has 0 bridgehead atoms. The van der Waals surface area contributed by atoms with Crippen LogP contribution in [0.5, 0.6) is 0 Å². The molecule has 1 aromatic rings. The number of nitrogens with one attached hydrogen (secondary N) is 2. The van der Waals surface area contributed by atoms with Gasteiger partial charge in [-0.25, -0.2) is 0 Å². The number of carboxylic acid groups (broad SMARTS) is 1. The van der Waals surface area contributed by atoms with Crippen molar-refractivity contribution in [2.24, 2.45) is 0 Å². The molecule has 1 rings (SSSR count). The third-order valence-corrected chi connectivity index (χ3v) is 3.37. The van der Waals surface area contributed by atoms with Crippen LogP contribution < -0.4 is 10.6 Å². The van der Waals surface area contributed by atoms with Crippen LogP contribution in [0.15, 0.2) is 42.1 Å². The van der Waals surface area contributed by atoms with Gasteiger partial charge in [0.05, 0.1) is 0 Å². The molecule has 0 atom stereocenters. The van der Waals surface area contributed by atoms with E-state index in [1.807, 2.05) is 36.4 Å². The van der Waals surface area contributed by atoms with Crippen molar-refractivity contribution < 1.29 is 14.7 Å². The molecule has 0 fully saturated rings. The zero-order valence-corrected chi connectivity index (χ0v) is 13.6. The summed E-state index contributed by atoms with van der Waals surface area (Å²) in [5.41, 5.74) is 1.16. The van der Waals surface area contributed by atoms with Crippen molar-refractivity contribution in [1.29, 1.82) is 5.26 Å². The quantitative estimate of drug-likeness (QED) is 0.327. The standard InChI is InChI=1S/C18H23N3O3/c19-13-16(14-20-11-6-2-5-9-17(22)23)18(24)21-12-10-15-7-3-1-4-8-15/h1,3-4,7-8,14,20H,2,5-6,9-12H2,(H,21,24)(H,22,23)/b16-14-. The summed E-state index contributed by atoms with van der Waals surface area (Å²) in [6, 6.07) is 11.7. The molecular formula is C18H23N3O3. The van der Waals surface area contributed by atoms with Gasteiger partial charge in [-0.15, -0.1) is 0 Å². The molecule has 0 radical (unpaired) electrons. The molecule has 0 aromatic heterocycles. The van der Waals surface area contributed by atoms with E-state index >= 15 is 0 Å². The Balaban J connectivity index is 2.22. The van der Waals surface area contributed by atoms with Gasteiger partial charge < -0.3 is 15.7 Å². The summed E-state index contributed by atoms with van der Waals surface area (Å²) >= 11 is 0. The molecule has 0 saturated heterocycles. The number of carbonyl (C=O) groups excluding carboxylic acids is 1. The lowest BCUT2D eigenvalue weighted by Crippen LogP contribution is -2.27. The molecule has 128 valence electrons. The van der Waals surface area contributed by atoms with Crippen LogP contribution >= 0.6 is 0 Å². The number of benzene rings is 1. The number of nitrogens with zero attached hydrogens (tertiary/aromatic N) is 1. The lowest BCUT2D eigenvalue weighted by molar-refractivity contribution is -0.137. The largest absolute Gasteiger partial charge is 0.481 e. The molecule has 6 nitrogen and oxygen atoms in total. The van der Waals surface area contributed by atoms with E-state index in [0.717, 1.165) is 18.4 Å². The Hall–Kier alpha value is -2.81. The Kier molecular flexibility index (Phi) is 9.39. The Morgan fingerprint density at radius 1 is 1.12 bits per heavy atom. The minimum atomic E-state index is -0.790. The van der Waals surface area contributed by atoms with E-state index in [1.165, 1.54) is 6.20 Å². The van der Waals surface area contributed by atoms with E-state index in [2.05, 4.69) is 10.6 Å². The number of hydrogen-bond acceptors (Lipinski definition) is 4. The van der Waals surface area contributed by atoms with Gasteiger partial charge in [0.1, 0.15) is 11.6 Å². The molecule has 0 aliphatic heterocycles. The average molecular weight is 329 g/mol. The van der Waals surface area contributed by atoms with E-state index in [1.54, 1.807) is 0 Å². The van der Waals surface area contributed by atoms with Crippen molar-refractivity contribution in [3.63, 3.8) is 0 Å². The van der Waals surface area contributed by atoms with Crippen molar-refractivity contribution in [3.05, 3.63) is 47.7 Å². The minimum absolute atomic E-state index is 0.0357. The van der Waals surface area contributed by atoms with E-state index in [4.69, 9.17) is 10.4 Å². The first-order chi connectivity index (χ1) is 11.6. The first-order valence-corrected chi connectivity index (χ1v) is 8.01. The Labute approximate surface area is 142 Å². The fraction of sp³-hybridized carbons (Fsp3) is 0.389. The average Bonchev–Trinajstić information content (AvgIpc) is 2.58. The van der Waals surface area contributed by atoms with Crippen molar-refractivity contribution >= 4 is 11.9 Å². The molecule has 0 aliphatic rings. The molecule has 0 spiro atoms. The number of unbranched alkanes of at least 4 members (excludes halogenated alkanes) is 2. The predicted molar refractivity (Wildman–Crippen MR) is 91.0 cm³/mol. The summed E-state index contributed by atoms with van der Waals surface area (Å²) in [4.78, 5) is 22.3. The molecular weight excluding hydrogens is 306 g/mol. The van der Waals surface area contributed by atoms with Crippen LogP contribution in [-0.2, 0) is 16.0 Å². The molecule has 6 heteroatoms. The monoisotopic (exact) mass is 329 g/mol. The third kappa shape index (κ3) is 8.59. The Morgan fingerprint density at radius 3 is 2.54 bits per heavy atom. The smallest absolute Gasteiger partial charge is 0.303 e. The highest BCUT2D eigenvalue weighted by Gasteiger charge is 2.07.